The fourth-order valence-electron chi connectivity index (χ4n) is 3.44. The Morgan fingerprint density at radius 3 is 2.58 bits per heavy atom. The van der Waals surface area contributed by atoms with Crippen molar-refractivity contribution in [2.24, 2.45) is 0 Å². The van der Waals surface area contributed by atoms with E-state index in [0.717, 1.165) is 11.3 Å². The van der Waals surface area contributed by atoms with E-state index < -0.39 is 5.92 Å². The topological polar surface area (TPSA) is 89.5 Å². The van der Waals surface area contributed by atoms with Crippen LogP contribution in [-0.4, -0.2) is 31.0 Å². The number of anilines is 2. The quantitative estimate of drug-likeness (QED) is 0.558. The number of aromatic nitrogens is 1. The van der Waals surface area contributed by atoms with Crippen LogP contribution in [0.15, 0.2) is 42.5 Å². The van der Waals surface area contributed by atoms with Gasteiger partial charge in [0.05, 0.1) is 31.5 Å². The van der Waals surface area contributed by atoms with Gasteiger partial charge in [-0.15, -0.1) is 11.3 Å². The number of ether oxygens (including phenoxy) is 2. The first-order valence-electron chi connectivity index (χ1n) is 9.58. The highest BCUT2D eigenvalue weighted by Gasteiger charge is 2.33. The van der Waals surface area contributed by atoms with Crippen LogP contribution in [0.25, 0.3) is 0 Å². The summed E-state index contributed by atoms with van der Waals surface area (Å²) in [5, 5.41) is 6.76. The van der Waals surface area contributed by atoms with Gasteiger partial charge in [-0.2, -0.15) is 0 Å². The summed E-state index contributed by atoms with van der Waals surface area (Å²) in [4.78, 5) is 31.0. The molecule has 0 aliphatic heterocycles. The van der Waals surface area contributed by atoms with Crippen LogP contribution in [0.4, 0.5) is 10.8 Å². The van der Waals surface area contributed by atoms with Crippen LogP contribution in [0, 0.1) is 0 Å². The van der Waals surface area contributed by atoms with Gasteiger partial charge in [-0.05, 0) is 49.2 Å². The Labute approximate surface area is 188 Å². The third-order valence-electron chi connectivity index (χ3n) is 5.03. The lowest BCUT2D eigenvalue weighted by Crippen LogP contribution is -2.20. The first kappa shape index (κ1) is 21.1. The number of amides is 2. The summed E-state index contributed by atoms with van der Waals surface area (Å²) in [5.74, 6) is 0.311. The monoisotopic (exact) mass is 457 g/mol. The standard InChI is InChI=1S/C22H20ClN3O4S/c1-29-14-7-9-17(30-2)16(11-14)24-21(28)15-8-10-18-19(15)25-22(31-18)26-20(27)12-3-5-13(23)6-4-12/h3-7,9,11,15H,8,10H2,1-2H3,(H,24,28)(H,25,26,27). The molecule has 0 bridgehead atoms. The normalized spacial score (nSPS) is 14.6. The SMILES string of the molecule is COc1ccc(OC)c(NC(=O)C2CCc3sc(NC(=O)c4ccc(Cl)cc4)nc32)c1. The summed E-state index contributed by atoms with van der Waals surface area (Å²) < 4.78 is 10.6. The minimum absolute atomic E-state index is 0.175. The second-order valence-electron chi connectivity index (χ2n) is 6.94. The van der Waals surface area contributed by atoms with Gasteiger partial charge in [-0.1, -0.05) is 11.6 Å². The van der Waals surface area contributed by atoms with E-state index in [4.69, 9.17) is 21.1 Å². The molecule has 0 spiro atoms. The number of aryl methyl sites for hydroxylation is 1. The molecule has 3 aromatic rings. The van der Waals surface area contributed by atoms with Crippen LogP contribution in [0.5, 0.6) is 11.5 Å². The molecule has 0 fully saturated rings. The number of thiazole rings is 1. The summed E-state index contributed by atoms with van der Waals surface area (Å²) in [5.41, 5.74) is 1.72. The predicted octanol–water partition coefficient (Wildman–Crippen LogP) is 4.73. The third kappa shape index (κ3) is 4.50. The molecule has 9 heteroatoms. The van der Waals surface area contributed by atoms with Crippen LogP contribution in [-0.2, 0) is 11.2 Å². The average molecular weight is 458 g/mol. The van der Waals surface area contributed by atoms with E-state index >= 15 is 0 Å². The number of hydrogen-bond donors (Lipinski definition) is 2. The molecule has 31 heavy (non-hydrogen) atoms. The lowest BCUT2D eigenvalue weighted by molar-refractivity contribution is -0.117. The van der Waals surface area contributed by atoms with Gasteiger partial charge < -0.3 is 14.8 Å². The first-order chi connectivity index (χ1) is 15.0. The molecule has 1 atom stereocenters. The number of carbonyl (C=O) groups is 2. The Balaban J connectivity index is 1.49. The van der Waals surface area contributed by atoms with Gasteiger partial charge in [-0.3, -0.25) is 14.9 Å². The van der Waals surface area contributed by atoms with Crippen molar-refractivity contribution in [3.63, 3.8) is 0 Å². The minimum Gasteiger partial charge on any atom is -0.497 e. The maximum atomic E-state index is 13.0. The lowest BCUT2D eigenvalue weighted by Gasteiger charge is -2.14. The van der Waals surface area contributed by atoms with Crippen molar-refractivity contribution < 1.29 is 19.1 Å². The van der Waals surface area contributed by atoms with Gasteiger partial charge in [0.15, 0.2) is 5.13 Å². The highest BCUT2D eigenvalue weighted by Crippen LogP contribution is 2.40. The highest BCUT2D eigenvalue weighted by molar-refractivity contribution is 7.16. The van der Waals surface area contributed by atoms with E-state index in [2.05, 4.69) is 15.6 Å². The summed E-state index contributed by atoms with van der Waals surface area (Å²) >= 11 is 7.27. The molecule has 2 N–H and O–H groups in total. The number of carbonyl (C=O) groups excluding carboxylic acids is 2. The number of rotatable bonds is 6. The maximum absolute atomic E-state index is 13.0. The number of methoxy groups -OCH3 is 2. The van der Waals surface area contributed by atoms with Crippen molar-refractivity contribution in [2.45, 2.75) is 18.8 Å². The molecule has 1 aliphatic rings. The highest BCUT2D eigenvalue weighted by atomic mass is 35.5. The van der Waals surface area contributed by atoms with Gasteiger partial charge in [0, 0.05) is 21.5 Å². The van der Waals surface area contributed by atoms with E-state index in [1.54, 1.807) is 56.7 Å². The van der Waals surface area contributed by atoms with Crippen LogP contribution >= 0.6 is 22.9 Å². The molecule has 1 unspecified atom stereocenters. The summed E-state index contributed by atoms with van der Waals surface area (Å²) in [6.07, 6.45) is 1.40. The molecule has 0 saturated carbocycles. The van der Waals surface area contributed by atoms with Gasteiger partial charge in [-0.25, -0.2) is 4.98 Å². The largest absolute Gasteiger partial charge is 0.497 e. The second kappa shape index (κ2) is 8.95. The summed E-state index contributed by atoms with van der Waals surface area (Å²) in [6.45, 7) is 0. The number of benzene rings is 2. The molecule has 2 aromatic carbocycles. The zero-order chi connectivity index (χ0) is 22.0. The van der Waals surface area contributed by atoms with Gasteiger partial charge in [0.25, 0.3) is 5.91 Å². The molecular formula is C22H20ClN3O4S. The van der Waals surface area contributed by atoms with Gasteiger partial charge in [0.2, 0.25) is 5.91 Å². The molecule has 160 valence electrons. The minimum atomic E-state index is -0.400. The molecule has 7 nitrogen and oxygen atoms in total. The van der Waals surface area contributed by atoms with Gasteiger partial charge in [0.1, 0.15) is 11.5 Å². The number of nitrogens with one attached hydrogen (secondary N) is 2. The van der Waals surface area contributed by atoms with Crippen molar-refractivity contribution in [1.29, 1.82) is 0 Å². The number of fused-ring (bicyclic) bond motifs is 1. The second-order valence-corrected chi connectivity index (χ2v) is 8.46. The van der Waals surface area contributed by atoms with Crippen molar-refractivity contribution in [3.05, 3.63) is 63.6 Å². The number of nitrogens with zero attached hydrogens (tertiary/aromatic N) is 1. The molecule has 1 heterocycles. The Bertz CT molecular complexity index is 1130. The van der Waals surface area contributed by atoms with Crippen molar-refractivity contribution in [3.8, 4) is 11.5 Å². The zero-order valence-corrected chi connectivity index (χ0v) is 18.5. The molecule has 1 aromatic heterocycles. The summed E-state index contributed by atoms with van der Waals surface area (Å²) in [6, 6.07) is 11.8. The number of halogens is 1. The Morgan fingerprint density at radius 2 is 1.87 bits per heavy atom. The molecule has 4 rings (SSSR count). The van der Waals surface area contributed by atoms with Crippen molar-refractivity contribution >= 4 is 45.6 Å². The summed E-state index contributed by atoms with van der Waals surface area (Å²) in [7, 11) is 3.10. The van der Waals surface area contributed by atoms with E-state index in [1.165, 1.54) is 11.3 Å². The average Bonchev–Trinajstić information content (AvgIpc) is 3.34. The fraction of sp³-hybridized carbons (Fsp3) is 0.227. The number of hydrogen-bond acceptors (Lipinski definition) is 6. The Morgan fingerprint density at radius 1 is 1.10 bits per heavy atom. The van der Waals surface area contributed by atoms with Crippen LogP contribution in [0.3, 0.4) is 0 Å². The Hall–Kier alpha value is -3.10. The van der Waals surface area contributed by atoms with Crippen LogP contribution in [0.2, 0.25) is 5.02 Å². The Kier molecular flexibility index (Phi) is 6.11. The smallest absolute Gasteiger partial charge is 0.257 e. The van der Waals surface area contributed by atoms with Gasteiger partial charge >= 0.3 is 0 Å². The van der Waals surface area contributed by atoms with Crippen LogP contribution < -0.4 is 20.1 Å². The molecule has 2 amide bonds. The maximum Gasteiger partial charge on any atom is 0.257 e. The lowest BCUT2D eigenvalue weighted by atomic mass is 10.1. The van der Waals surface area contributed by atoms with Crippen molar-refractivity contribution in [1.82, 2.24) is 4.98 Å². The zero-order valence-electron chi connectivity index (χ0n) is 16.9. The van der Waals surface area contributed by atoms with Crippen molar-refractivity contribution in [2.75, 3.05) is 24.9 Å². The van der Waals surface area contributed by atoms with Crippen LogP contribution in [0.1, 0.15) is 33.3 Å². The molecule has 0 saturated heterocycles. The molecule has 1 aliphatic carbocycles. The molecular weight excluding hydrogens is 438 g/mol. The van der Waals surface area contributed by atoms with E-state index in [1.807, 2.05) is 0 Å². The van der Waals surface area contributed by atoms with E-state index in [-0.39, 0.29) is 11.8 Å². The van der Waals surface area contributed by atoms with E-state index in [0.29, 0.717) is 45.0 Å². The fourth-order valence-corrected chi connectivity index (χ4v) is 4.60. The predicted molar refractivity (Wildman–Crippen MR) is 121 cm³/mol. The van der Waals surface area contributed by atoms with E-state index in [9.17, 15) is 9.59 Å². The first-order valence-corrected chi connectivity index (χ1v) is 10.8. The third-order valence-corrected chi connectivity index (χ3v) is 6.32. The molecule has 0 radical (unpaired) electrons.